The Morgan fingerprint density at radius 1 is 1.23 bits per heavy atom. The molecule has 6 nitrogen and oxygen atoms in total. The van der Waals surface area contributed by atoms with Crippen LogP contribution in [0.25, 0.3) is 10.6 Å². The molecule has 0 aliphatic rings. The van der Waals surface area contributed by atoms with Gasteiger partial charge < -0.3 is 14.6 Å². The molecule has 7 heteroatoms. The fourth-order valence-electron chi connectivity index (χ4n) is 2.84. The van der Waals surface area contributed by atoms with Crippen molar-refractivity contribution in [3.8, 4) is 27.8 Å². The van der Waals surface area contributed by atoms with Crippen molar-refractivity contribution in [2.24, 2.45) is 4.99 Å². The Kier molecular flexibility index (Phi) is 7.19. The van der Waals surface area contributed by atoms with Crippen molar-refractivity contribution in [2.45, 2.75) is 20.3 Å². The van der Waals surface area contributed by atoms with E-state index >= 15 is 0 Å². The van der Waals surface area contributed by atoms with Crippen LogP contribution in [0.5, 0.6) is 17.2 Å². The quantitative estimate of drug-likeness (QED) is 0.389. The number of thiazole rings is 1. The van der Waals surface area contributed by atoms with Gasteiger partial charge in [-0.1, -0.05) is 19.1 Å². The number of carbonyl (C=O) groups is 1. The number of phenols is 1. The smallest absolute Gasteiger partial charge is 0.196 e. The predicted molar refractivity (Wildman–Crippen MR) is 120 cm³/mol. The number of para-hydroxylation sites is 1. The van der Waals surface area contributed by atoms with E-state index in [4.69, 9.17) is 9.47 Å². The number of phenolic OH excluding ortho intramolecular Hbond substituents is 1. The Hall–Kier alpha value is -3.19. The third kappa shape index (κ3) is 5.04. The molecule has 0 radical (unpaired) electrons. The molecule has 1 N–H and O–H groups in total. The number of hydrogen-bond acceptors (Lipinski definition) is 7. The minimum atomic E-state index is -0.0998. The number of carbonyl (C=O) groups excluding carboxylic acids is 1. The van der Waals surface area contributed by atoms with E-state index in [1.54, 1.807) is 18.3 Å². The van der Waals surface area contributed by atoms with Gasteiger partial charge in [0.1, 0.15) is 17.3 Å². The fraction of sp³-hybridized carbons (Fsp3) is 0.261. The average molecular weight is 425 g/mol. The summed E-state index contributed by atoms with van der Waals surface area (Å²) in [5.41, 5.74) is 2.25. The monoisotopic (exact) mass is 424 g/mol. The molecular weight excluding hydrogens is 400 g/mol. The number of Topliss-reactive ketones (excluding diaryl/α,β-unsaturated/α-hetero) is 1. The lowest BCUT2D eigenvalue weighted by Crippen LogP contribution is -2.03. The first-order valence-corrected chi connectivity index (χ1v) is 10.4. The van der Waals surface area contributed by atoms with Crippen molar-refractivity contribution in [3.05, 3.63) is 58.6 Å². The van der Waals surface area contributed by atoms with Gasteiger partial charge in [0.05, 0.1) is 29.9 Å². The number of ether oxygens (including phenoxy) is 2. The molecule has 3 aromatic rings. The van der Waals surface area contributed by atoms with Gasteiger partial charge in [-0.2, -0.15) is 0 Å². The number of ketones is 1. The van der Waals surface area contributed by atoms with Gasteiger partial charge in [0.15, 0.2) is 17.3 Å². The molecule has 0 spiro atoms. The molecule has 2 aromatic carbocycles. The minimum absolute atomic E-state index is 0.00322. The maximum absolute atomic E-state index is 12.7. The number of aromatic nitrogens is 1. The number of hydrogen-bond donors (Lipinski definition) is 1. The Labute approximate surface area is 179 Å². The Morgan fingerprint density at radius 3 is 2.77 bits per heavy atom. The van der Waals surface area contributed by atoms with Crippen molar-refractivity contribution >= 4 is 23.3 Å². The summed E-state index contributed by atoms with van der Waals surface area (Å²) in [6.45, 7) is 4.51. The molecule has 0 saturated carbocycles. The third-order valence-corrected chi connectivity index (χ3v) is 5.54. The lowest BCUT2D eigenvalue weighted by atomic mass is 10.2. The highest BCUT2D eigenvalue weighted by Gasteiger charge is 2.18. The highest BCUT2D eigenvalue weighted by atomic mass is 32.1. The van der Waals surface area contributed by atoms with E-state index in [2.05, 4.69) is 16.9 Å². The van der Waals surface area contributed by atoms with E-state index in [0.29, 0.717) is 28.5 Å². The predicted octanol–water partition coefficient (Wildman–Crippen LogP) is 4.92. The zero-order valence-electron chi connectivity index (χ0n) is 17.2. The van der Waals surface area contributed by atoms with E-state index in [1.165, 1.54) is 24.5 Å². The molecule has 0 aliphatic heterocycles. The van der Waals surface area contributed by atoms with Gasteiger partial charge in [-0.15, -0.1) is 11.3 Å². The topological polar surface area (TPSA) is 81.0 Å². The highest BCUT2D eigenvalue weighted by Crippen LogP contribution is 2.34. The normalized spacial score (nSPS) is 11.0. The van der Waals surface area contributed by atoms with Crippen molar-refractivity contribution in [1.82, 2.24) is 4.98 Å². The molecule has 1 heterocycles. The second-order valence-electron chi connectivity index (χ2n) is 6.60. The molecule has 0 bridgehead atoms. The number of methoxy groups -OCH3 is 1. The summed E-state index contributed by atoms with van der Waals surface area (Å²) in [5, 5.41) is 10.6. The SMILES string of the molecule is CCCOc1ccccc1-c1nc(C)c(C(=O)CN=Cc2ccc(OC)c(O)c2)s1. The molecule has 1 aromatic heterocycles. The minimum Gasteiger partial charge on any atom is -0.504 e. The van der Waals surface area contributed by atoms with Crippen LogP contribution in [0.15, 0.2) is 47.5 Å². The lowest BCUT2D eigenvalue weighted by molar-refractivity contribution is 0.100. The number of aromatic hydroxyl groups is 1. The summed E-state index contributed by atoms with van der Waals surface area (Å²) in [5.74, 6) is 1.08. The van der Waals surface area contributed by atoms with Gasteiger partial charge in [0, 0.05) is 6.21 Å². The van der Waals surface area contributed by atoms with Crippen LogP contribution < -0.4 is 9.47 Å². The van der Waals surface area contributed by atoms with Crippen LogP contribution in [0.1, 0.15) is 34.3 Å². The second-order valence-corrected chi connectivity index (χ2v) is 7.60. The maximum Gasteiger partial charge on any atom is 0.196 e. The summed E-state index contributed by atoms with van der Waals surface area (Å²) < 4.78 is 10.8. The third-order valence-electron chi connectivity index (χ3n) is 4.31. The van der Waals surface area contributed by atoms with Crippen LogP contribution in [0.2, 0.25) is 0 Å². The van der Waals surface area contributed by atoms with Crippen LogP contribution in [0, 0.1) is 6.92 Å². The molecular formula is C23H24N2O4S. The Balaban J connectivity index is 1.74. The number of aryl methyl sites for hydroxylation is 1. The number of benzene rings is 2. The molecule has 0 saturated heterocycles. The summed E-state index contributed by atoms with van der Waals surface area (Å²) in [6.07, 6.45) is 2.47. The number of aliphatic imine (C=N–C) groups is 1. The largest absolute Gasteiger partial charge is 0.504 e. The van der Waals surface area contributed by atoms with Crippen LogP contribution in [0.3, 0.4) is 0 Å². The van der Waals surface area contributed by atoms with E-state index in [9.17, 15) is 9.90 Å². The summed E-state index contributed by atoms with van der Waals surface area (Å²) in [6, 6.07) is 12.7. The van der Waals surface area contributed by atoms with Crippen molar-refractivity contribution in [1.29, 1.82) is 0 Å². The first kappa shape index (κ1) is 21.5. The maximum atomic E-state index is 12.7. The zero-order valence-corrected chi connectivity index (χ0v) is 18.0. The second kappa shape index (κ2) is 10.0. The highest BCUT2D eigenvalue weighted by molar-refractivity contribution is 7.17. The molecule has 156 valence electrons. The van der Waals surface area contributed by atoms with Gasteiger partial charge in [-0.25, -0.2) is 4.98 Å². The van der Waals surface area contributed by atoms with Crippen LogP contribution in [0.4, 0.5) is 0 Å². The summed E-state index contributed by atoms with van der Waals surface area (Å²) >= 11 is 1.35. The Bertz CT molecular complexity index is 1060. The van der Waals surface area contributed by atoms with Gasteiger partial charge in [0.25, 0.3) is 0 Å². The summed E-state index contributed by atoms with van der Waals surface area (Å²) in [4.78, 5) is 22.1. The van der Waals surface area contributed by atoms with Crippen LogP contribution in [-0.4, -0.2) is 42.3 Å². The lowest BCUT2D eigenvalue weighted by Gasteiger charge is -2.08. The van der Waals surface area contributed by atoms with Crippen molar-refractivity contribution in [2.75, 3.05) is 20.3 Å². The molecule has 0 fully saturated rings. The van der Waals surface area contributed by atoms with Crippen LogP contribution in [-0.2, 0) is 0 Å². The number of rotatable bonds is 9. The molecule has 3 rings (SSSR count). The first-order chi connectivity index (χ1) is 14.5. The van der Waals surface area contributed by atoms with Gasteiger partial charge in [0.2, 0.25) is 0 Å². The molecule has 30 heavy (non-hydrogen) atoms. The number of nitrogens with zero attached hydrogens (tertiary/aromatic N) is 2. The summed E-state index contributed by atoms with van der Waals surface area (Å²) in [7, 11) is 1.49. The van der Waals surface area contributed by atoms with Gasteiger partial charge in [-0.3, -0.25) is 9.79 Å². The van der Waals surface area contributed by atoms with E-state index in [-0.39, 0.29) is 18.1 Å². The van der Waals surface area contributed by atoms with Crippen LogP contribution >= 0.6 is 11.3 Å². The van der Waals surface area contributed by atoms with Gasteiger partial charge in [-0.05, 0) is 49.2 Å². The molecule has 0 amide bonds. The average Bonchev–Trinajstić information content (AvgIpc) is 3.14. The molecule has 0 atom stereocenters. The molecule has 0 unspecified atom stereocenters. The first-order valence-electron chi connectivity index (χ1n) is 9.63. The van der Waals surface area contributed by atoms with E-state index in [0.717, 1.165) is 22.7 Å². The zero-order chi connectivity index (χ0) is 21.5. The fourth-order valence-corrected chi connectivity index (χ4v) is 3.87. The van der Waals surface area contributed by atoms with Gasteiger partial charge >= 0.3 is 0 Å². The molecule has 0 aliphatic carbocycles. The standard InChI is InChI=1S/C23H24N2O4S/c1-4-11-29-20-8-6-5-7-17(20)23-25-15(2)22(30-23)19(27)14-24-13-16-9-10-21(28-3)18(26)12-16/h5-10,12-13,26H,4,11,14H2,1-3H3. The van der Waals surface area contributed by atoms with Crippen molar-refractivity contribution in [3.63, 3.8) is 0 Å². The Morgan fingerprint density at radius 2 is 2.03 bits per heavy atom. The van der Waals surface area contributed by atoms with E-state index in [1.807, 2.05) is 31.2 Å². The van der Waals surface area contributed by atoms with Crippen molar-refractivity contribution < 1.29 is 19.4 Å². The van der Waals surface area contributed by atoms with E-state index < -0.39 is 0 Å².